The van der Waals surface area contributed by atoms with Crippen LogP contribution in [-0.2, 0) is 26.7 Å². The van der Waals surface area contributed by atoms with Gasteiger partial charge in [0.05, 0.1) is 12.0 Å². The van der Waals surface area contributed by atoms with Crippen LogP contribution in [0.3, 0.4) is 0 Å². The maximum Gasteiger partial charge on any atom is 0.339 e. The number of sulfonamides is 1. The molecule has 0 heterocycles. The normalized spacial score (nSPS) is 13.0. The van der Waals surface area contributed by atoms with E-state index in [1.54, 1.807) is 24.3 Å². The second-order valence-corrected chi connectivity index (χ2v) is 11.1. The molecule has 0 saturated heterocycles. The van der Waals surface area contributed by atoms with E-state index in [0.29, 0.717) is 17.7 Å². The topological polar surface area (TPSA) is 90.0 Å². The molecule has 10 heteroatoms. The standard InChI is InChI=1S/C24H26FNO6S2/c1-4-18(2)26(33(27,28)23-15-11-21(31-3)12-16-23)17-19-5-9-22(10-6-19)32-34(29,30)24-13-7-20(25)8-14-24/h5-16,18H,4,17H2,1-3H3. The minimum Gasteiger partial charge on any atom is -0.497 e. The summed E-state index contributed by atoms with van der Waals surface area (Å²) < 4.78 is 76.1. The molecule has 1 atom stereocenters. The number of benzene rings is 3. The quantitative estimate of drug-likeness (QED) is 0.373. The van der Waals surface area contributed by atoms with Crippen LogP contribution in [0.1, 0.15) is 25.8 Å². The summed E-state index contributed by atoms with van der Waals surface area (Å²) in [6, 6.07) is 16.3. The third kappa shape index (κ3) is 5.94. The first-order valence-electron chi connectivity index (χ1n) is 10.5. The zero-order valence-corrected chi connectivity index (χ0v) is 20.6. The van der Waals surface area contributed by atoms with E-state index in [0.717, 1.165) is 24.3 Å². The maximum atomic E-state index is 13.3. The highest BCUT2D eigenvalue weighted by molar-refractivity contribution is 7.89. The fourth-order valence-corrected chi connectivity index (χ4v) is 5.79. The Bertz CT molecular complexity index is 1310. The molecule has 0 N–H and O–H groups in total. The molecule has 182 valence electrons. The fraction of sp³-hybridized carbons (Fsp3) is 0.250. The Labute approximate surface area is 199 Å². The van der Waals surface area contributed by atoms with Gasteiger partial charge in [-0.3, -0.25) is 0 Å². The smallest absolute Gasteiger partial charge is 0.339 e. The Morgan fingerprint density at radius 2 is 1.35 bits per heavy atom. The Morgan fingerprint density at radius 1 is 0.824 bits per heavy atom. The van der Waals surface area contributed by atoms with Gasteiger partial charge in [-0.05, 0) is 79.6 Å². The van der Waals surface area contributed by atoms with Crippen molar-refractivity contribution in [2.45, 2.75) is 42.6 Å². The molecule has 0 saturated carbocycles. The molecular weight excluding hydrogens is 481 g/mol. The van der Waals surface area contributed by atoms with Gasteiger partial charge < -0.3 is 8.92 Å². The molecule has 34 heavy (non-hydrogen) atoms. The van der Waals surface area contributed by atoms with Crippen molar-refractivity contribution in [3.8, 4) is 11.5 Å². The predicted molar refractivity (Wildman–Crippen MR) is 126 cm³/mol. The number of rotatable bonds is 10. The van der Waals surface area contributed by atoms with E-state index in [9.17, 15) is 21.2 Å². The minimum atomic E-state index is -4.13. The third-order valence-corrected chi connectivity index (χ3v) is 8.55. The van der Waals surface area contributed by atoms with Crippen molar-refractivity contribution in [3.05, 3.63) is 84.2 Å². The summed E-state index contributed by atoms with van der Waals surface area (Å²) in [5, 5.41) is 0. The average molecular weight is 508 g/mol. The number of hydrogen-bond donors (Lipinski definition) is 0. The van der Waals surface area contributed by atoms with Gasteiger partial charge in [0.15, 0.2) is 0 Å². The number of hydrogen-bond acceptors (Lipinski definition) is 6. The molecule has 0 aliphatic carbocycles. The highest BCUT2D eigenvalue weighted by Crippen LogP contribution is 2.26. The van der Waals surface area contributed by atoms with Crippen molar-refractivity contribution in [2.24, 2.45) is 0 Å². The van der Waals surface area contributed by atoms with Crippen molar-refractivity contribution in [2.75, 3.05) is 7.11 Å². The van der Waals surface area contributed by atoms with E-state index in [2.05, 4.69) is 0 Å². The number of nitrogens with zero attached hydrogens (tertiary/aromatic N) is 1. The largest absolute Gasteiger partial charge is 0.497 e. The van der Waals surface area contributed by atoms with Crippen LogP contribution in [0.5, 0.6) is 11.5 Å². The van der Waals surface area contributed by atoms with Crippen LogP contribution < -0.4 is 8.92 Å². The summed E-state index contributed by atoms with van der Waals surface area (Å²) >= 11 is 0. The third-order valence-electron chi connectivity index (χ3n) is 5.32. The lowest BCUT2D eigenvalue weighted by molar-refractivity contribution is 0.323. The summed E-state index contributed by atoms with van der Waals surface area (Å²) in [4.78, 5) is -0.0227. The summed E-state index contributed by atoms with van der Waals surface area (Å²) in [6.07, 6.45) is 0.604. The van der Waals surface area contributed by atoms with E-state index in [-0.39, 0.29) is 28.1 Å². The van der Waals surface area contributed by atoms with Gasteiger partial charge in [-0.25, -0.2) is 12.8 Å². The van der Waals surface area contributed by atoms with Gasteiger partial charge in [0, 0.05) is 12.6 Å². The van der Waals surface area contributed by atoms with Crippen LogP contribution in [0.15, 0.2) is 82.6 Å². The molecule has 0 bridgehead atoms. The van der Waals surface area contributed by atoms with Gasteiger partial charge in [-0.15, -0.1) is 0 Å². The highest BCUT2D eigenvalue weighted by Gasteiger charge is 2.28. The van der Waals surface area contributed by atoms with Crippen molar-refractivity contribution >= 4 is 20.1 Å². The number of methoxy groups -OCH3 is 1. The summed E-state index contributed by atoms with van der Waals surface area (Å²) in [6.45, 7) is 3.82. The number of ether oxygens (including phenoxy) is 1. The van der Waals surface area contributed by atoms with Crippen molar-refractivity contribution in [1.82, 2.24) is 4.31 Å². The summed E-state index contributed by atoms with van der Waals surface area (Å²) in [7, 11) is -6.42. The van der Waals surface area contributed by atoms with Gasteiger partial charge in [-0.2, -0.15) is 12.7 Å². The Hall–Kier alpha value is -2.95. The lowest BCUT2D eigenvalue weighted by atomic mass is 10.2. The molecule has 0 aliphatic heterocycles. The Morgan fingerprint density at radius 3 is 1.88 bits per heavy atom. The molecule has 0 radical (unpaired) electrons. The predicted octanol–water partition coefficient (Wildman–Crippen LogP) is 4.59. The van der Waals surface area contributed by atoms with Crippen LogP contribution in [0.25, 0.3) is 0 Å². The second-order valence-electron chi connectivity index (χ2n) is 7.62. The van der Waals surface area contributed by atoms with Crippen LogP contribution in [0, 0.1) is 5.82 Å². The van der Waals surface area contributed by atoms with Crippen LogP contribution >= 0.6 is 0 Å². The highest BCUT2D eigenvalue weighted by atomic mass is 32.2. The van der Waals surface area contributed by atoms with E-state index in [1.807, 2.05) is 13.8 Å². The molecule has 3 rings (SSSR count). The first kappa shape index (κ1) is 25.7. The lowest BCUT2D eigenvalue weighted by Gasteiger charge is -2.28. The van der Waals surface area contributed by atoms with Crippen molar-refractivity contribution in [1.29, 1.82) is 0 Å². The first-order valence-corrected chi connectivity index (χ1v) is 13.4. The van der Waals surface area contributed by atoms with E-state index in [1.165, 1.54) is 35.7 Å². The molecule has 0 aliphatic rings. The van der Waals surface area contributed by atoms with Crippen LogP contribution in [0.4, 0.5) is 4.39 Å². The Kier molecular flexibility index (Phi) is 7.96. The lowest BCUT2D eigenvalue weighted by Crippen LogP contribution is -2.37. The van der Waals surface area contributed by atoms with Crippen molar-refractivity contribution < 1.29 is 30.1 Å². The molecule has 1 unspecified atom stereocenters. The molecular formula is C24H26FNO6S2. The molecule has 3 aromatic rings. The molecule has 7 nitrogen and oxygen atoms in total. The maximum absolute atomic E-state index is 13.3. The van der Waals surface area contributed by atoms with Gasteiger partial charge in [0.2, 0.25) is 10.0 Å². The van der Waals surface area contributed by atoms with Crippen LogP contribution in [-0.4, -0.2) is 34.3 Å². The molecule has 0 fully saturated rings. The van der Waals surface area contributed by atoms with E-state index < -0.39 is 26.0 Å². The zero-order valence-electron chi connectivity index (χ0n) is 19.0. The zero-order chi connectivity index (χ0) is 24.9. The minimum absolute atomic E-state index is 0.0566. The van der Waals surface area contributed by atoms with Gasteiger partial charge >= 0.3 is 10.1 Å². The average Bonchev–Trinajstić information content (AvgIpc) is 2.83. The summed E-state index contributed by atoms with van der Waals surface area (Å²) in [5.74, 6) is 0.0557. The van der Waals surface area contributed by atoms with E-state index >= 15 is 0 Å². The SMILES string of the molecule is CCC(C)N(Cc1ccc(OS(=O)(=O)c2ccc(F)cc2)cc1)S(=O)(=O)c1ccc(OC)cc1. The molecule has 0 aromatic heterocycles. The Balaban J connectivity index is 1.80. The monoisotopic (exact) mass is 507 g/mol. The fourth-order valence-electron chi connectivity index (χ4n) is 3.17. The molecule has 0 amide bonds. The van der Waals surface area contributed by atoms with Gasteiger partial charge in [0.25, 0.3) is 0 Å². The van der Waals surface area contributed by atoms with E-state index in [4.69, 9.17) is 8.92 Å². The number of halogens is 1. The second kappa shape index (κ2) is 10.5. The molecule has 3 aromatic carbocycles. The van der Waals surface area contributed by atoms with Crippen molar-refractivity contribution in [3.63, 3.8) is 0 Å². The molecule has 0 spiro atoms. The summed E-state index contributed by atoms with van der Waals surface area (Å²) in [5.41, 5.74) is 0.656. The van der Waals surface area contributed by atoms with Crippen LogP contribution in [0.2, 0.25) is 0 Å². The van der Waals surface area contributed by atoms with Gasteiger partial charge in [0.1, 0.15) is 22.2 Å². The first-order chi connectivity index (χ1) is 16.1. The van der Waals surface area contributed by atoms with Gasteiger partial charge in [-0.1, -0.05) is 19.1 Å².